The Morgan fingerprint density at radius 3 is 2.44 bits per heavy atom. The molecule has 0 unspecified atom stereocenters. The molecule has 0 bridgehead atoms. The Balaban J connectivity index is 2.40. The molecule has 2 heteroatoms. The summed E-state index contributed by atoms with van der Waals surface area (Å²) in [4.78, 5) is 0. The highest BCUT2D eigenvalue weighted by Gasteiger charge is 2.27. The first kappa shape index (κ1) is 7.42. The summed E-state index contributed by atoms with van der Waals surface area (Å²) in [6.45, 7) is 4.35. The van der Waals surface area contributed by atoms with Gasteiger partial charge in [-0.05, 0) is 18.1 Å². The molecule has 0 amide bonds. The van der Waals surface area contributed by atoms with Crippen LogP contribution in [-0.4, -0.2) is 22.2 Å². The number of thioether (sulfide) groups is 1. The Kier molecular flexibility index (Phi) is 2.42. The first-order valence-electron chi connectivity index (χ1n) is 3.51. The average molecular weight is 146 g/mol. The average Bonchev–Trinajstić information content (AvgIpc) is 2.13. The van der Waals surface area contributed by atoms with E-state index in [4.69, 9.17) is 0 Å². The van der Waals surface area contributed by atoms with Crippen LogP contribution in [0.25, 0.3) is 0 Å². The van der Waals surface area contributed by atoms with Gasteiger partial charge in [0.2, 0.25) is 0 Å². The Labute approximate surface area is 60.8 Å². The molecule has 0 aromatic heterocycles. The summed E-state index contributed by atoms with van der Waals surface area (Å²) in [5, 5.41) is 9.84. The van der Waals surface area contributed by atoms with Crippen LogP contribution in [0.2, 0.25) is 0 Å². The van der Waals surface area contributed by atoms with E-state index < -0.39 is 0 Å². The van der Waals surface area contributed by atoms with Crippen LogP contribution < -0.4 is 0 Å². The molecule has 0 aromatic rings. The van der Waals surface area contributed by atoms with Crippen LogP contribution in [0.15, 0.2) is 0 Å². The van der Waals surface area contributed by atoms with Gasteiger partial charge in [0, 0.05) is 5.25 Å². The Hall–Kier alpha value is 0.310. The third-order valence-corrected chi connectivity index (χ3v) is 3.48. The minimum absolute atomic E-state index is 0.0324. The van der Waals surface area contributed by atoms with Gasteiger partial charge in [-0.2, -0.15) is 11.8 Å². The van der Waals surface area contributed by atoms with Crippen molar-refractivity contribution in [2.75, 3.05) is 5.75 Å². The fourth-order valence-electron chi connectivity index (χ4n) is 1.24. The summed E-state index contributed by atoms with van der Waals surface area (Å²) in [7, 11) is 0. The molecular formula is C7H14OS. The molecule has 0 aliphatic carbocycles. The number of aliphatic hydroxyl groups excluding tert-OH is 1. The van der Waals surface area contributed by atoms with Gasteiger partial charge in [0.15, 0.2) is 0 Å². The van der Waals surface area contributed by atoms with Gasteiger partial charge in [0.25, 0.3) is 0 Å². The van der Waals surface area contributed by atoms with Crippen LogP contribution in [0, 0.1) is 5.92 Å². The van der Waals surface area contributed by atoms with Gasteiger partial charge < -0.3 is 5.11 Å². The number of aliphatic hydroxyl groups is 1. The van der Waals surface area contributed by atoms with E-state index in [0.29, 0.717) is 11.2 Å². The summed E-state index contributed by atoms with van der Waals surface area (Å²) in [5.41, 5.74) is 0. The molecule has 1 aliphatic rings. The number of rotatable bonds is 1. The van der Waals surface area contributed by atoms with Gasteiger partial charge in [0.05, 0.1) is 6.10 Å². The van der Waals surface area contributed by atoms with Gasteiger partial charge in [-0.1, -0.05) is 13.8 Å². The predicted molar refractivity (Wildman–Crippen MR) is 41.7 cm³/mol. The maximum atomic E-state index is 9.34. The lowest BCUT2D eigenvalue weighted by molar-refractivity contribution is 0.161. The zero-order valence-electron chi connectivity index (χ0n) is 6.00. The van der Waals surface area contributed by atoms with Crippen molar-refractivity contribution in [3.8, 4) is 0 Å². The van der Waals surface area contributed by atoms with E-state index in [2.05, 4.69) is 13.8 Å². The molecule has 1 fully saturated rings. The van der Waals surface area contributed by atoms with Crippen LogP contribution in [0.1, 0.15) is 20.3 Å². The number of hydrogen-bond acceptors (Lipinski definition) is 2. The molecule has 1 N–H and O–H groups in total. The zero-order valence-corrected chi connectivity index (χ0v) is 6.82. The van der Waals surface area contributed by atoms with Gasteiger partial charge in [0.1, 0.15) is 0 Å². The van der Waals surface area contributed by atoms with Crippen molar-refractivity contribution in [3.63, 3.8) is 0 Å². The fourth-order valence-corrected chi connectivity index (χ4v) is 2.63. The summed E-state index contributed by atoms with van der Waals surface area (Å²) in [6.07, 6.45) is 0.961. The second-order valence-corrected chi connectivity index (χ2v) is 4.22. The maximum Gasteiger partial charge on any atom is 0.0669 e. The molecule has 1 nitrogen and oxygen atoms in total. The minimum atomic E-state index is -0.0324. The smallest absolute Gasteiger partial charge is 0.0669 e. The first-order valence-corrected chi connectivity index (χ1v) is 4.56. The van der Waals surface area contributed by atoms with Crippen LogP contribution in [0.3, 0.4) is 0 Å². The van der Waals surface area contributed by atoms with Crippen LogP contribution in [0.4, 0.5) is 0 Å². The van der Waals surface area contributed by atoms with Crippen molar-refractivity contribution in [3.05, 3.63) is 0 Å². The Bertz CT molecular complexity index is 92.9. The molecule has 0 spiro atoms. The third kappa shape index (κ3) is 1.62. The minimum Gasteiger partial charge on any atom is -0.392 e. The lowest BCUT2D eigenvalue weighted by atomic mass is 10.0. The predicted octanol–water partition coefficient (Wildman–Crippen LogP) is 1.51. The summed E-state index contributed by atoms with van der Waals surface area (Å²) < 4.78 is 0. The van der Waals surface area contributed by atoms with Crippen molar-refractivity contribution in [2.24, 2.45) is 5.92 Å². The van der Waals surface area contributed by atoms with Crippen molar-refractivity contribution < 1.29 is 5.11 Å². The highest BCUT2D eigenvalue weighted by molar-refractivity contribution is 8.00. The van der Waals surface area contributed by atoms with E-state index in [0.717, 1.165) is 12.2 Å². The van der Waals surface area contributed by atoms with E-state index >= 15 is 0 Å². The summed E-state index contributed by atoms with van der Waals surface area (Å²) in [6, 6.07) is 0. The van der Waals surface area contributed by atoms with Gasteiger partial charge >= 0.3 is 0 Å². The lowest BCUT2D eigenvalue weighted by Crippen LogP contribution is -2.22. The largest absolute Gasteiger partial charge is 0.392 e. The SMILES string of the molecule is CC(C)[C@@H]1SCC[C@@H]1O. The summed E-state index contributed by atoms with van der Waals surface area (Å²) in [5.74, 6) is 1.77. The molecule has 2 atom stereocenters. The molecule has 1 rings (SSSR count). The molecule has 54 valence electrons. The first-order chi connectivity index (χ1) is 4.22. The molecule has 1 aliphatic heterocycles. The van der Waals surface area contributed by atoms with Crippen molar-refractivity contribution in [2.45, 2.75) is 31.6 Å². The van der Waals surface area contributed by atoms with Crippen molar-refractivity contribution >= 4 is 11.8 Å². The zero-order chi connectivity index (χ0) is 6.85. The molecule has 0 saturated carbocycles. The molecule has 0 aromatic carbocycles. The molecular weight excluding hydrogens is 132 g/mol. The Morgan fingerprint density at radius 1 is 1.56 bits per heavy atom. The standard InChI is InChI=1S/C7H14OS/c1-5(2)7-6(8)3-4-9-7/h5-8H,3-4H2,1-2H3/t6-,7-/m0/s1. The normalized spacial score (nSPS) is 36.0. The van der Waals surface area contributed by atoms with Gasteiger partial charge in [-0.15, -0.1) is 0 Å². The molecule has 9 heavy (non-hydrogen) atoms. The van der Waals surface area contributed by atoms with Crippen LogP contribution >= 0.6 is 11.8 Å². The molecule has 0 radical (unpaired) electrons. The second-order valence-electron chi connectivity index (χ2n) is 2.94. The van der Waals surface area contributed by atoms with Crippen molar-refractivity contribution in [1.82, 2.24) is 0 Å². The van der Waals surface area contributed by atoms with E-state index in [9.17, 15) is 5.11 Å². The Morgan fingerprint density at radius 2 is 2.22 bits per heavy atom. The highest BCUT2D eigenvalue weighted by Crippen LogP contribution is 2.31. The topological polar surface area (TPSA) is 20.2 Å². The fraction of sp³-hybridized carbons (Fsp3) is 1.00. The summed E-state index contributed by atoms with van der Waals surface area (Å²) >= 11 is 1.91. The monoisotopic (exact) mass is 146 g/mol. The molecule has 1 heterocycles. The lowest BCUT2D eigenvalue weighted by Gasteiger charge is -2.16. The van der Waals surface area contributed by atoms with E-state index in [1.54, 1.807) is 0 Å². The number of hydrogen-bond donors (Lipinski definition) is 1. The highest BCUT2D eigenvalue weighted by atomic mass is 32.2. The van der Waals surface area contributed by atoms with Crippen LogP contribution in [0.5, 0.6) is 0 Å². The second kappa shape index (κ2) is 2.93. The maximum absolute atomic E-state index is 9.34. The van der Waals surface area contributed by atoms with E-state index in [1.807, 2.05) is 11.8 Å². The van der Waals surface area contributed by atoms with Gasteiger partial charge in [-0.3, -0.25) is 0 Å². The van der Waals surface area contributed by atoms with Crippen LogP contribution in [-0.2, 0) is 0 Å². The van der Waals surface area contributed by atoms with Crippen molar-refractivity contribution in [1.29, 1.82) is 0 Å². The quantitative estimate of drug-likeness (QED) is 0.605. The van der Waals surface area contributed by atoms with E-state index in [1.165, 1.54) is 0 Å². The molecule has 1 saturated heterocycles. The van der Waals surface area contributed by atoms with Gasteiger partial charge in [-0.25, -0.2) is 0 Å². The third-order valence-electron chi connectivity index (χ3n) is 1.76. The van der Waals surface area contributed by atoms with E-state index in [-0.39, 0.29) is 6.10 Å².